The van der Waals surface area contributed by atoms with E-state index in [1.165, 1.54) is 32.1 Å². The first-order chi connectivity index (χ1) is 13.0. The average molecular weight is 373 g/mol. The first-order valence-corrected chi connectivity index (χ1v) is 10.3. The molecule has 148 valence electrons. The standard InChI is InChI=1S/C22H32N2O3/c1-22(21(26)23-18-8-6-4-3-5-7-9-18)15-14-20(25)24(22)16-17-10-12-19(27-2)13-11-17/h10-13,18H,3-9,14-16H2,1-2H3,(H,23,26)/t22-/m0/s1. The second-order valence-corrected chi connectivity index (χ2v) is 8.12. The van der Waals surface area contributed by atoms with E-state index in [4.69, 9.17) is 4.74 Å². The molecular weight excluding hydrogens is 340 g/mol. The molecule has 2 fully saturated rings. The highest BCUT2D eigenvalue weighted by molar-refractivity contribution is 5.94. The van der Waals surface area contributed by atoms with Crippen LogP contribution in [0.2, 0.25) is 0 Å². The number of carbonyl (C=O) groups excluding carboxylic acids is 2. The van der Waals surface area contributed by atoms with Crippen LogP contribution in [0.3, 0.4) is 0 Å². The van der Waals surface area contributed by atoms with Gasteiger partial charge in [-0.2, -0.15) is 0 Å². The molecular formula is C22H32N2O3. The van der Waals surface area contributed by atoms with Gasteiger partial charge in [-0.05, 0) is 43.9 Å². The lowest BCUT2D eigenvalue weighted by Crippen LogP contribution is -2.56. The number of nitrogens with zero attached hydrogens (tertiary/aromatic N) is 1. The van der Waals surface area contributed by atoms with Crippen LogP contribution in [0.5, 0.6) is 5.75 Å². The molecule has 0 spiro atoms. The molecule has 2 amide bonds. The average Bonchev–Trinajstić information content (AvgIpc) is 2.94. The van der Waals surface area contributed by atoms with Crippen LogP contribution in [-0.2, 0) is 16.1 Å². The summed E-state index contributed by atoms with van der Waals surface area (Å²) in [5.74, 6) is 0.852. The monoisotopic (exact) mass is 372 g/mol. The zero-order valence-corrected chi connectivity index (χ0v) is 16.6. The summed E-state index contributed by atoms with van der Waals surface area (Å²) in [6.07, 6.45) is 9.29. The number of hydrogen-bond acceptors (Lipinski definition) is 3. The molecule has 0 unspecified atom stereocenters. The predicted molar refractivity (Wildman–Crippen MR) is 105 cm³/mol. The third-order valence-electron chi connectivity index (χ3n) is 6.15. The SMILES string of the molecule is COc1ccc(CN2C(=O)CC[C@@]2(C)C(=O)NC2CCCCCCC2)cc1. The van der Waals surface area contributed by atoms with Crippen LogP contribution in [0.4, 0.5) is 0 Å². The molecule has 1 saturated heterocycles. The molecule has 1 atom stereocenters. The Morgan fingerprint density at radius 3 is 2.41 bits per heavy atom. The Morgan fingerprint density at radius 1 is 1.15 bits per heavy atom. The predicted octanol–water partition coefficient (Wildman–Crippen LogP) is 3.81. The summed E-state index contributed by atoms with van der Waals surface area (Å²) in [6, 6.07) is 7.94. The van der Waals surface area contributed by atoms with Gasteiger partial charge < -0.3 is 15.0 Å². The molecule has 1 heterocycles. The van der Waals surface area contributed by atoms with Crippen molar-refractivity contribution in [2.24, 2.45) is 0 Å². The van der Waals surface area contributed by atoms with E-state index in [2.05, 4.69) is 5.32 Å². The molecule has 0 radical (unpaired) electrons. The second kappa shape index (κ2) is 8.77. The maximum atomic E-state index is 13.2. The van der Waals surface area contributed by atoms with Crippen molar-refractivity contribution in [1.82, 2.24) is 10.2 Å². The van der Waals surface area contributed by atoms with Gasteiger partial charge in [0.1, 0.15) is 11.3 Å². The normalized spacial score (nSPS) is 24.4. The minimum absolute atomic E-state index is 0.00688. The highest BCUT2D eigenvalue weighted by Crippen LogP contribution is 2.32. The number of nitrogens with one attached hydrogen (secondary N) is 1. The summed E-state index contributed by atoms with van der Waals surface area (Å²) < 4.78 is 5.20. The molecule has 2 aliphatic rings. The molecule has 1 N–H and O–H groups in total. The van der Waals surface area contributed by atoms with Crippen LogP contribution in [0.25, 0.3) is 0 Å². The van der Waals surface area contributed by atoms with Crippen molar-refractivity contribution in [3.8, 4) is 5.75 Å². The molecule has 3 rings (SSSR count). The molecule has 1 aliphatic heterocycles. The van der Waals surface area contributed by atoms with E-state index in [9.17, 15) is 9.59 Å². The minimum atomic E-state index is -0.765. The smallest absolute Gasteiger partial charge is 0.245 e. The Balaban J connectivity index is 1.68. The van der Waals surface area contributed by atoms with Gasteiger partial charge in [0.2, 0.25) is 11.8 Å². The van der Waals surface area contributed by atoms with Crippen LogP contribution < -0.4 is 10.1 Å². The lowest BCUT2D eigenvalue weighted by atomic mass is 9.93. The number of amides is 2. The first-order valence-electron chi connectivity index (χ1n) is 10.3. The summed E-state index contributed by atoms with van der Waals surface area (Å²) in [5.41, 5.74) is 0.246. The van der Waals surface area contributed by atoms with Crippen molar-refractivity contribution in [2.75, 3.05) is 7.11 Å². The Labute approximate surface area is 162 Å². The van der Waals surface area contributed by atoms with E-state index in [-0.39, 0.29) is 17.9 Å². The van der Waals surface area contributed by atoms with E-state index in [0.717, 1.165) is 24.2 Å². The number of benzene rings is 1. The van der Waals surface area contributed by atoms with E-state index in [1.807, 2.05) is 31.2 Å². The molecule has 1 aromatic carbocycles. The summed E-state index contributed by atoms with van der Waals surface area (Å²) in [5, 5.41) is 3.27. The third-order valence-corrected chi connectivity index (χ3v) is 6.15. The number of carbonyl (C=O) groups is 2. The maximum absolute atomic E-state index is 13.2. The van der Waals surface area contributed by atoms with Crippen LogP contribution in [0.15, 0.2) is 24.3 Å². The largest absolute Gasteiger partial charge is 0.497 e. The molecule has 0 aromatic heterocycles. The molecule has 5 heteroatoms. The highest BCUT2D eigenvalue weighted by Gasteiger charge is 2.47. The fraction of sp³-hybridized carbons (Fsp3) is 0.636. The molecule has 0 bridgehead atoms. The van der Waals surface area contributed by atoms with E-state index >= 15 is 0 Å². The molecule has 5 nitrogen and oxygen atoms in total. The lowest BCUT2D eigenvalue weighted by Gasteiger charge is -2.35. The number of ether oxygens (including phenoxy) is 1. The van der Waals surface area contributed by atoms with Gasteiger partial charge in [0.25, 0.3) is 0 Å². The Kier molecular flexibility index (Phi) is 6.40. The minimum Gasteiger partial charge on any atom is -0.497 e. The van der Waals surface area contributed by atoms with Crippen molar-refractivity contribution in [3.05, 3.63) is 29.8 Å². The first kappa shape index (κ1) is 19.7. The van der Waals surface area contributed by atoms with Crippen molar-refractivity contribution in [2.45, 2.75) is 82.8 Å². The lowest BCUT2D eigenvalue weighted by molar-refractivity contribution is -0.141. The Morgan fingerprint density at radius 2 is 1.78 bits per heavy atom. The van der Waals surface area contributed by atoms with Crippen molar-refractivity contribution in [1.29, 1.82) is 0 Å². The fourth-order valence-corrected chi connectivity index (χ4v) is 4.25. The summed E-state index contributed by atoms with van der Waals surface area (Å²) in [7, 11) is 1.63. The molecule has 1 aromatic rings. The molecule has 27 heavy (non-hydrogen) atoms. The topological polar surface area (TPSA) is 58.6 Å². The van der Waals surface area contributed by atoms with Crippen molar-refractivity contribution in [3.63, 3.8) is 0 Å². The van der Waals surface area contributed by atoms with Gasteiger partial charge in [0.15, 0.2) is 0 Å². The van der Waals surface area contributed by atoms with Crippen LogP contribution in [0.1, 0.15) is 70.3 Å². The van der Waals surface area contributed by atoms with Gasteiger partial charge in [-0.3, -0.25) is 9.59 Å². The van der Waals surface area contributed by atoms with Crippen molar-refractivity contribution >= 4 is 11.8 Å². The van der Waals surface area contributed by atoms with E-state index < -0.39 is 5.54 Å². The fourth-order valence-electron chi connectivity index (χ4n) is 4.25. The van der Waals surface area contributed by atoms with Gasteiger partial charge in [-0.25, -0.2) is 0 Å². The number of rotatable bonds is 5. The summed E-state index contributed by atoms with van der Waals surface area (Å²) >= 11 is 0. The zero-order valence-electron chi connectivity index (χ0n) is 16.6. The third kappa shape index (κ3) is 4.63. The summed E-state index contributed by atoms with van der Waals surface area (Å²) in [6.45, 7) is 2.37. The number of likely N-dealkylation sites (tertiary alicyclic amines) is 1. The number of methoxy groups -OCH3 is 1. The quantitative estimate of drug-likeness (QED) is 0.855. The van der Waals surface area contributed by atoms with Crippen molar-refractivity contribution < 1.29 is 14.3 Å². The Hall–Kier alpha value is -2.04. The van der Waals surface area contributed by atoms with Crippen LogP contribution in [-0.4, -0.2) is 35.4 Å². The zero-order chi connectivity index (χ0) is 19.3. The van der Waals surface area contributed by atoms with Gasteiger partial charge in [-0.15, -0.1) is 0 Å². The van der Waals surface area contributed by atoms with Gasteiger partial charge in [0.05, 0.1) is 7.11 Å². The maximum Gasteiger partial charge on any atom is 0.245 e. The highest BCUT2D eigenvalue weighted by atomic mass is 16.5. The molecule has 1 aliphatic carbocycles. The van der Waals surface area contributed by atoms with E-state index in [1.54, 1.807) is 12.0 Å². The van der Waals surface area contributed by atoms with Gasteiger partial charge in [0, 0.05) is 19.0 Å². The van der Waals surface area contributed by atoms with Crippen LogP contribution in [0, 0.1) is 0 Å². The van der Waals surface area contributed by atoms with Crippen LogP contribution >= 0.6 is 0 Å². The van der Waals surface area contributed by atoms with E-state index in [0.29, 0.717) is 19.4 Å². The van der Waals surface area contributed by atoms with Gasteiger partial charge >= 0.3 is 0 Å². The summed E-state index contributed by atoms with van der Waals surface area (Å²) in [4.78, 5) is 27.4. The van der Waals surface area contributed by atoms with Gasteiger partial charge in [-0.1, -0.05) is 44.2 Å². The molecule has 1 saturated carbocycles. The number of hydrogen-bond donors (Lipinski definition) is 1. The second-order valence-electron chi connectivity index (χ2n) is 8.12. The Bertz CT molecular complexity index is 650.